The molecule has 4 aliphatic rings. The second kappa shape index (κ2) is 23.4. The molecular formula is C50H58F2N8O8. The van der Waals surface area contributed by atoms with E-state index >= 15 is 8.78 Å². The van der Waals surface area contributed by atoms with Gasteiger partial charge in [-0.25, -0.2) is 8.78 Å². The van der Waals surface area contributed by atoms with E-state index in [2.05, 4.69) is 31.1 Å². The van der Waals surface area contributed by atoms with Crippen LogP contribution >= 0.6 is 0 Å². The Hall–Kier alpha value is -6.60. The number of fused-ring (bicyclic) bond motifs is 2. The van der Waals surface area contributed by atoms with Crippen LogP contribution in [0.25, 0.3) is 0 Å². The maximum absolute atomic E-state index is 15.2. The molecule has 8 rings (SSSR count). The number of benzene rings is 4. The average Bonchev–Trinajstić information content (AvgIpc) is 3.85. The quantitative estimate of drug-likeness (QED) is 0.111. The summed E-state index contributed by atoms with van der Waals surface area (Å²) in [5.41, 5.74) is 6.35. The van der Waals surface area contributed by atoms with Crippen molar-refractivity contribution in [2.75, 3.05) is 76.8 Å². The van der Waals surface area contributed by atoms with Gasteiger partial charge in [-0.3, -0.25) is 39.1 Å². The Kier molecular flexibility index (Phi) is 17.0. The fourth-order valence-electron chi connectivity index (χ4n) is 8.85. The standard InChI is InChI=1S/C26H31FN4O4.C24H27FN4O4/c1-28-25(33)23(9-4-12-32)31-17-21-20(26(31)34)7-3-8-22(21)29-15-18-5-2-6-19(24(18)27)16-30-10-13-35-14-11-30;1-16(30)27-22(31)15-29-14-20-19(24(29)32)6-3-7-21(20)26-12-17-4-2-5-18(23(17)25)13-28-8-10-33-11-9-28/h2-3,5-8,12,23,29H,4,9-11,13-17H2,1H3,(H,28,33);2-7,26H,8-15H2,1H3,(H,27,30,31). The molecule has 5 amide bonds. The molecule has 1 atom stereocenters. The summed E-state index contributed by atoms with van der Waals surface area (Å²) in [4.78, 5) is 79.3. The van der Waals surface area contributed by atoms with Crippen LogP contribution in [0.2, 0.25) is 0 Å². The van der Waals surface area contributed by atoms with Gasteiger partial charge in [-0.2, -0.15) is 0 Å². The summed E-state index contributed by atoms with van der Waals surface area (Å²) in [5, 5.41) is 11.3. The molecular weight excluding hydrogens is 879 g/mol. The van der Waals surface area contributed by atoms with Crippen molar-refractivity contribution in [1.82, 2.24) is 30.2 Å². The lowest BCUT2D eigenvalue weighted by molar-refractivity contribution is -0.130. The molecule has 1 unspecified atom stereocenters. The minimum Gasteiger partial charge on any atom is -0.381 e. The number of morpholine rings is 2. The van der Waals surface area contributed by atoms with Crippen LogP contribution in [0.3, 0.4) is 0 Å². The van der Waals surface area contributed by atoms with Crippen LogP contribution in [0.15, 0.2) is 72.8 Å². The van der Waals surface area contributed by atoms with E-state index in [-0.39, 0.29) is 74.9 Å². The van der Waals surface area contributed by atoms with Gasteiger partial charge in [0.1, 0.15) is 30.5 Å². The molecule has 360 valence electrons. The molecule has 18 heteroatoms. The van der Waals surface area contributed by atoms with Crippen LogP contribution in [0.5, 0.6) is 0 Å². The maximum Gasteiger partial charge on any atom is 0.255 e. The van der Waals surface area contributed by atoms with Gasteiger partial charge in [-0.1, -0.05) is 48.5 Å². The first-order valence-corrected chi connectivity index (χ1v) is 22.9. The summed E-state index contributed by atoms with van der Waals surface area (Å²) in [6.07, 6.45) is 1.19. The van der Waals surface area contributed by atoms with Crippen LogP contribution in [0.4, 0.5) is 20.2 Å². The highest BCUT2D eigenvalue weighted by molar-refractivity contribution is 6.04. The van der Waals surface area contributed by atoms with E-state index in [0.29, 0.717) is 78.6 Å². The number of carbonyl (C=O) groups excluding carboxylic acids is 6. The molecule has 0 aliphatic carbocycles. The number of ether oxygens (including phenoxy) is 2. The van der Waals surface area contributed by atoms with Crippen LogP contribution < -0.4 is 21.3 Å². The topological polar surface area (TPSA) is 182 Å². The number of carbonyl (C=O) groups is 6. The van der Waals surface area contributed by atoms with Gasteiger partial charge in [0.05, 0.1) is 26.4 Å². The SMILES string of the molecule is CC(=O)NC(=O)CN1Cc2c(NCc3cccc(CN4CCOCC4)c3F)cccc2C1=O.CNC(=O)C(CCC=O)N1Cc2c(NCc3cccc(CN4CCOCC4)c3F)cccc2C1=O. The Labute approximate surface area is 394 Å². The molecule has 4 N–H and O–H groups in total. The molecule has 4 aliphatic heterocycles. The summed E-state index contributed by atoms with van der Waals surface area (Å²) >= 11 is 0. The molecule has 0 saturated carbocycles. The largest absolute Gasteiger partial charge is 0.381 e. The van der Waals surface area contributed by atoms with Crippen molar-refractivity contribution >= 4 is 47.2 Å². The number of imide groups is 1. The van der Waals surface area contributed by atoms with Gasteiger partial charge in [0.2, 0.25) is 17.7 Å². The van der Waals surface area contributed by atoms with E-state index in [1.165, 1.54) is 23.8 Å². The summed E-state index contributed by atoms with van der Waals surface area (Å²) in [7, 11) is 1.51. The monoisotopic (exact) mass is 936 g/mol. The van der Waals surface area contributed by atoms with Gasteiger partial charge < -0.3 is 40.0 Å². The van der Waals surface area contributed by atoms with E-state index in [9.17, 15) is 28.8 Å². The summed E-state index contributed by atoms with van der Waals surface area (Å²) in [5.74, 6) is -2.29. The van der Waals surface area contributed by atoms with E-state index in [1.807, 2.05) is 30.3 Å². The van der Waals surface area contributed by atoms with E-state index in [1.54, 1.807) is 42.5 Å². The molecule has 0 radical (unpaired) electrons. The number of hydrogen-bond donors (Lipinski definition) is 4. The molecule has 0 aromatic heterocycles. The highest BCUT2D eigenvalue weighted by Gasteiger charge is 2.37. The van der Waals surface area contributed by atoms with Gasteiger partial charge >= 0.3 is 0 Å². The Balaban J connectivity index is 0.000000202. The first-order chi connectivity index (χ1) is 32.9. The molecule has 2 saturated heterocycles. The van der Waals surface area contributed by atoms with Gasteiger partial charge in [0.15, 0.2) is 0 Å². The predicted octanol–water partition coefficient (Wildman–Crippen LogP) is 4.21. The maximum atomic E-state index is 15.2. The lowest BCUT2D eigenvalue weighted by Crippen LogP contribution is -2.46. The minimum absolute atomic E-state index is 0.184. The van der Waals surface area contributed by atoms with Gasteiger partial charge in [0, 0.05) is 142 Å². The lowest BCUT2D eigenvalue weighted by atomic mass is 10.1. The molecule has 4 aromatic carbocycles. The molecule has 0 bridgehead atoms. The highest BCUT2D eigenvalue weighted by Crippen LogP contribution is 2.33. The Morgan fingerprint density at radius 2 is 1.18 bits per heavy atom. The second-order valence-corrected chi connectivity index (χ2v) is 17.0. The number of anilines is 2. The zero-order chi connectivity index (χ0) is 48.2. The van der Waals surface area contributed by atoms with Crippen LogP contribution in [-0.4, -0.2) is 128 Å². The number of aldehydes is 1. The number of nitrogens with one attached hydrogen (secondary N) is 4. The molecule has 4 aromatic rings. The summed E-state index contributed by atoms with van der Waals surface area (Å²) in [6, 6.07) is 20.7. The molecule has 68 heavy (non-hydrogen) atoms. The first-order valence-electron chi connectivity index (χ1n) is 22.9. The predicted molar refractivity (Wildman–Crippen MR) is 249 cm³/mol. The Bertz CT molecular complexity index is 2500. The Morgan fingerprint density at radius 3 is 1.68 bits per heavy atom. The van der Waals surface area contributed by atoms with Crippen molar-refractivity contribution in [2.24, 2.45) is 0 Å². The van der Waals surface area contributed by atoms with Crippen molar-refractivity contribution < 1.29 is 47.0 Å². The zero-order valence-electron chi connectivity index (χ0n) is 38.4. The van der Waals surface area contributed by atoms with Crippen molar-refractivity contribution in [3.8, 4) is 0 Å². The summed E-state index contributed by atoms with van der Waals surface area (Å²) < 4.78 is 41.1. The van der Waals surface area contributed by atoms with Crippen molar-refractivity contribution in [2.45, 2.75) is 65.1 Å². The number of amides is 5. The first kappa shape index (κ1) is 49.3. The van der Waals surface area contributed by atoms with Crippen LogP contribution in [-0.2, 0) is 67.9 Å². The molecule has 2 fully saturated rings. The number of hydrogen-bond acceptors (Lipinski definition) is 12. The smallest absolute Gasteiger partial charge is 0.255 e. The van der Waals surface area contributed by atoms with E-state index in [4.69, 9.17) is 9.47 Å². The molecule has 0 spiro atoms. The third-order valence-electron chi connectivity index (χ3n) is 12.4. The minimum atomic E-state index is -0.729. The van der Waals surface area contributed by atoms with Crippen molar-refractivity contribution in [3.63, 3.8) is 0 Å². The van der Waals surface area contributed by atoms with Crippen LogP contribution in [0, 0.1) is 11.6 Å². The van der Waals surface area contributed by atoms with Gasteiger partial charge in [-0.05, 0) is 30.7 Å². The van der Waals surface area contributed by atoms with Crippen molar-refractivity contribution in [1.29, 1.82) is 0 Å². The van der Waals surface area contributed by atoms with E-state index < -0.39 is 17.9 Å². The third kappa shape index (κ3) is 12.1. The van der Waals surface area contributed by atoms with Gasteiger partial charge in [-0.15, -0.1) is 0 Å². The van der Waals surface area contributed by atoms with Crippen LogP contribution in [0.1, 0.15) is 73.9 Å². The molecule has 4 heterocycles. The number of nitrogens with zero attached hydrogens (tertiary/aromatic N) is 4. The third-order valence-corrected chi connectivity index (χ3v) is 12.4. The van der Waals surface area contributed by atoms with Crippen molar-refractivity contribution in [3.05, 3.63) is 129 Å². The average molecular weight is 937 g/mol. The number of rotatable bonds is 17. The number of likely N-dealkylation sites (N-methyl/N-ethyl adjacent to an activating group) is 1. The second-order valence-electron chi connectivity index (χ2n) is 17.0. The fourth-order valence-corrected chi connectivity index (χ4v) is 8.85. The fraction of sp³-hybridized carbons (Fsp3) is 0.400. The lowest BCUT2D eigenvalue weighted by Gasteiger charge is -2.27. The Morgan fingerprint density at radius 1 is 0.691 bits per heavy atom. The zero-order valence-corrected chi connectivity index (χ0v) is 38.4. The molecule has 16 nitrogen and oxygen atoms in total. The summed E-state index contributed by atoms with van der Waals surface area (Å²) in [6.45, 7) is 8.90. The van der Waals surface area contributed by atoms with Gasteiger partial charge in [0.25, 0.3) is 11.8 Å². The van der Waals surface area contributed by atoms with E-state index in [0.717, 1.165) is 49.3 Å². The normalized spacial score (nSPS) is 16.3. The number of halogens is 2. The highest BCUT2D eigenvalue weighted by atomic mass is 19.1.